The lowest BCUT2D eigenvalue weighted by Gasteiger charge is -2.36. The molecule has 1 aliphatic carbocycles. The van der Waals surface area contributed by atoms with E-state index in [2.05, 4.69) is 22.4 Å². The Balaban J connectivity index is 1.81. The summed E-state index contributed by atoms with van der Waals surface area (Å²) in [7, 11) is 1.36. The molecule has 2 aromatic rings. The van der Waals surface area contributed by atoms with Crippen LogP contribution in [0, 0.1) is 0 Å². The highest BCUT2D eigenvalue weighted by atomic mass is 16.5. The molecule has 0 radical (unpaired) electrons. The lowest BCUT2D eigenvalue weighted by atomic mass is 9.73. The monoisotopic (exact) mass is 374 g/mol. The molecule has 0 saturated heterocycles. The van der Waals surface area contributed by atoms with Crippen LogP contribution in [0.4, 0.5) is 0 Å². The number of methoxy groups -OCH3 is 1. The molecule has 0 amide bonds. The van der Waals surface area contributed by atoms with E-state index in [1.54, 1.807) is 6.20 Å². The van der Waals surface area contributed by atoms with Gasteiger partial charge in [-0.05, 0) is 37.0 Å². The average Bonchev–Trinajstić information content (AvgIpc) is 2.73. The van der Waals surface area contributed by atoms with E-state index in [9.17, 15) is 9.59 Å². The summed E-state index contributed by atoms with van der Waals surface area (Å²) in [6.07, 6.45) is 2.82. The predicted octanol–water partition coefficient (Wildman–Crippen LogP) is 3.62. The molecule has 1 N–H and O–H groups in total. The minimum atomic E-state index is -0.505. The van der Waals surface area contributed by atoms with Gasteiger partial charge in [-0.2, -0.15) is 0 Å². The van der Waals surface area contributed by atoms with E-state index in [4.69, 9.17) is 4.74 Å². The number of hydrogen-bond donors (Lipinski definition) is 1. The molecule has 0 bridgehead atoms. The molecule has 1 aliphatic heterocycles. The first kappa shape index (κ1) is 18.2. The zero-order valence-corrected chi connectivity index (χ0v) is 15.9. The van der Waals surface area contributed by atoms with Gasteiger partial charge in [0.05, 0.1) is 24.3 Å². The van der Waals surface area contributed by atoms with Crippen LogP contribution in [0.2, 0.25) is 0 Å². The van der Waals surface area contributed by atoms with E-state index in [-0.39, 0.29) is 11.7 Å². The normalized spacial score (nSPS) is 21.9. The van der Waals surface area contributed by atoms with Gasteiger partial charge >= 0.3 is 5.97 Å². The molecule has 0 fully saturated rings. The molecule has 5 nitrogen and oxygen atoms in total. The quantitative estimate of drug-likeness (QED) is 0.831. The maximum Gasteiger partial charge on any atom is 0.336 e. The zero-order valence-electron chi connectivity index (χ0n) is 15.9. The average molecular weight is 374 g/mol. The fraction of sp³-hybridized carbons (Fsp3) is 0.261. The number of allylic oxidation sites excluding steroid dienone is 3. The summed E-state index contributed by atoms with van der Waals surface area (Å²) in [5, 5.41) is 3.32. The van der Waals surface area contributed by atoms with E-state index in [0.29, 0.717) is 29.0 Å². The summed E-state index contributed by atoms with van der Waals surface area (Å²) in [5.74, 6) is -0.775. The third kappa shape index (κ3) is 3.13. The number of Topliss-reactive ketones (excluding diaryl/α,β-unsaturated/α-hetero) is 1. The second kappa shape index (κ2) is 7.43. The second-order valence-electron chi connectivity index (χ2n) is 7.17. The van der Waals surface area contributed by atoms with Crippen molar-refractivity contribution in [2.24, 2.45) is 0 Å². The fourth-order valence-corrected chi connectivity index (χ4v) is 4.22. The Morgan fingerprint density at radius 3 is 2.54 bits per heavy atom. The zero-order chi connectivity index (χ0) is 19.7. The number of rotatable bonds is 3. The van der Waals surface area contributed by atoms with Crippen molar-refractivity contribution >= 4 is 11.8 Å². The van der Waals surface area contributed by atoms with Gasteiger partial charge in [-0.3, -0.25) is 9.78 Å². The van der Waals surface area contributed by atoms with Crippen LogP contribution >= 0.6 is 0 Å². The number of aromatic nitrogens is 1. The van der Waals surface area contributed by atoms with Crippen molar-refractivity contribution in [1.82, 2.24) is 10.3 Å². The van der Waals surface area contributed by atoms with Gasteiger partial charge in [0.2, 0.25) is 0 Å². The lowest BCUT2D eigenvalue weighted by molar-refractivity contribution is -0.136. The largest absolute Gasteiger partial charge is 0.466 e. The third-order valence-corrected chi connectivity index (χ3v) is 5.49. The van der Waals surface area contributed by atoms with Crippen molar-refractivity contribution in [2.45, 2.75) is 31.6 Å². The highest BCUT2D eigenvalue weighted by Crippen LogP contribution is 2.45. The van der Waals surface area contributed by atoms with Gasteiger partial charge in [-0.1, -0.05) is 36.4 Å². The van der Waals surface area contributed by atoms with E-state index in [0.717, 1.165) is 17.7 Å². The molecule has 1 aromatic carbocycles. The van der Waals surface area contributed by atoms with Crippen molar-refractivity contribution in [3.8, 4) is 0 Å². The standard InChI is InChI=1S/C23H22N2O3/c1-14-20(23(27)28-2)22(17-10-6-7-11-24-17)21-18(25-14)12-16(13-19(21)26)15-8-4-3-5-9-15/h3-11,16,22,25H,12-13H2,1-2H3/t16-,22+/m1/s1. The summed E-state index contributed by atoms with van der Waals surface area (Å²) in [4.78, 5) is 30.3. The van der Waals surface area contributed by atoms with E-state index >= 15 is 0 Å². The number of ketones is 1. The minimum Gasteiger partial charge on any atom is -0.466 e. The van der Waals surface area contributed by atoms with Crippen LogP contribution in [0.15, 0.2) is 77.3 Å². The molecule has 1 aromatic heterocycles. The maximum atomic E-state index is 13.3. The van der Waals surface area contributed by atoms with Crippen molar-refractivity contribution in [3.05, 3.63) is 88.5 Å². The van der Waals surface area contributed by atoms with Crippen LogP contribution in [0.25, 0.3) is 0 Å². The first-order chi connectivity index (χ1) is 13.6. The van der Waals surface area contributed by atoms with Crippen LogP contribution < -0.4 is 5.32 Å². The van der Waals surface area contributed by atoms with Gasteiger partial charge in [-0.25, -0.2) is 4.79 Å². The van der Waals surface area contributed by atoms with Crippen molar-refractivity contribution < 1.29 is 14.3 Å². The van der Waals surface area contributed by atoms with Gasteiger partial charge in [0.1, 0.15) is 0 Å². The summed E-state index contributed by atoms with van der Waals surface area (Å²) in [5.41, 5.74) is 4.51. The van der Waals surface area contributed by atoms with Crippen molar-refractivity contribution in [3.63, 3.8) is 0 Å². The minimum absolute atomic E-state index is 0.0483. The Morgan fingerprint density at radius 2 is 1.86 bits per heavy atom. The Morgan fingerprint density at radius 1 is 1.11 bits per heavy atom. The van der Waals surface area contributed by atoms with Gasteiger partial charge in [-0.15, -0.1) is 0 Å². The SMILES string of the molecule is COC(=O)C1=C(C)NC2=C(C(=O)C[C@H](c3ccccc3)C2)[C@H]1c1ccccn1. The summed E-state index contributed by atoms with van der Waals surface area (Å²) in [6, 6.07) is 15.6. The van der Waals surface area contributed by atoms with E-state index < -0.39 is 11.9 Å². The van der Waals surface area contributed by atoms with Crippen LogP contribution in [0.5, 0.6) is 0 Å². The van der Waals surface area contributed by atoms with Crippen LogP contribution in [0.1, 0.15) is 42.9 Å². The summed E-state index contributed by atoms with van der Waals surface area (Å²) >= 11 is 0. The second-order valence-corrected chi connectivity index (χ2v) is 7.17. The highest BCUT2D eigenvalue weighted by molar-refractivity contribution is 6.04. The molecule has 2 heterocycles. The molecule has 0 spiro atoms. The summed E-state index contributed by atoms with van der Waals surface area (Å²) in [6.45, 7) is 1.85. The Labute approximate surface area is 164 Å². The van der Waals surface area contributed by atoms with Gasteiger partial charge < -0.3 is 10.1 Å². The van der Waals surface area contributed by atoms with E-state index in [1.807, 2.05) is 43.3 Å². The maximum absolute atomic E-state index is 13.3. The number of nitrogens with one attached hydrogen (secondary N) is 1. The van der Waals surface area contributed by atoms with E-state index in [1.165, 1.54) is 7.11 Å². The molecule has 142 valence electrons. The van der Waals surface area contributed by atoms with Gasteiger partial charge in [0.15, 0.2) is 5.78 Å². The van der Waals surface area contributed by atoms with Gasteiger partial charge in [0, 0.05) is 29.6 Å². The van der Waals surface area contributed by atoms with Crippen LogP contribution in [0.3, 0.4) is 0 Å². The fourth-order valence-electron chi connectivity index (χ4n) is 4.22. The Kier molecular flexibility index (Phi) is 4.82. The van der Waals surface area contributed by atoms with Crippen molar-refractivity contribution in [1.29, 1.82) is 0 Å². The number of ether oxygens (including phenoxy) is 1. The smallest absolute Gasteiger partial charge is 0.336 e. The van der Waals surface area contributed by atoms with Crippen molar-refractivity contribution in [2.75, 3.05) is 7.11 Å². The molecule has 2 aliphatic rings. The first-order valence-electron chi connectivity index (χ1n) is 9.38. The molecule has 2 atom stereocenters. The van der Waals surface area contributed by atoms with Crippen LogP contribution in [-0.4, -0.2) is 23.8 Å². The van der Waals surface area contributed by atoms with Crippen LogP contribution in [-0.2, 0) is 14.3 Å². The first-order valence-corrected chi connectivity index (χ1v) is 9.38. The number of carbonyl (C=O) groups is 2. The molecule has 0 unspecified atom stereocenters. The number of carbonyl (C=O) groups excluding carboxylic acids is 2. The number of hydrogen-bond acceptors (Lipinski definition) is 5. The molecular weight excluding hydrogens is 352 g/mol. The number of dihydropyridines is 1. The number of esters is 1. The Bertz CT molecular complexity index is 977. The molecular formula is C23H22N2O3. The highest BCUT2D eigenvalue weighted by Gasteiger charge is 2.41. The number of benzene rings is 1. The molecule has 0 saturated carbocycles. The molecule has 5 heteroatoms. The summed E-state index contributed by atoms with van der Waals surface area (Å²) < 4.78 is 5.02. The molecule has 28 heavy (non-hydrogen) atoms. The lowest BCUT2D eigenvalue weighted by Crippen LogP contribution is -2.36. The van der Waals surface area contributed by atoms with Gasteiger partial charge in [0.25, 0.3) is 0 Å². The predicted molar refractivity (Wildman–Crippen MR) is 105 cm³/mol. The number of pyridine rings is 1. The Hall–Kier alpha value is -3.21. The topological polar surface area (TPSA) is 68.3 Å². The number of nitrogens with zero attached hydrogens (tertiary/aromatic N) is 1. The third-order valence-electron chi connectivity index (χ3n) is 5.49. The molecule has 4 rings (SSSR count).